The lowest BCUT2D eigenvalue weighted by molar-refractivity contribution is 0.161. The lowest BCUT2D eigenvalue weighted by atomic mass is 10.2. The average molecular weight is 249 g/mol. The Morgan fingerprint density at radius 1 is 1.67 bits per heavy atom. The Bertz CT molecular complexity index is 274. The van der Waals surface area contributed by atoms with Crippen LogP contribution in [0.4, 0.5) is 0 Å². The van der Waals surface area contributed by atoms with Gasteiger partial charge in [-0.1, -0.05) is 24.9 Å². The molecule has 0 spiro atoms. The third kappa shape index (κ3) is 4.93. The van der Waals surface area contributed by atoms with Crippen molar-refractivity contribution < 1.29 is 4.74 Å². The van der Waals surface area contributed by atoms with Crippen LogP contribution in [0, 0.1) is 0 Å². The summed E-state index contributed by atoms with van der Waals surface area (Å²) in [6, 6.07) is 0.405. The van der Waals surface area contributed by atoms with Gasteiger partial charge in [-0.25, -0.2) is 4.98 Å². The van der Waals surface area contributed by atoms with Gasteiger partial charge in [-0.05, 0) is 6.42 Å². The quantitative estimate of drug-likeness (QED) is 0.806. The van der Waals surface area contributed by atoms with Gasteiger partial charge in [-0.3, -0.25) is 0 Å². The number of rotatable bonds is 7. The van der Waals surface area contributed by atoms with Crippen LogP contribution in [-0.2, 0) is 11.3 Å². The van der Waals surface area contributed by atoms with E-state index < -0.39 is 0 Å². The fraction of sp³-hybridized carbons (Fsp3) is 0.700. The van der Waals surface area contributed by atoms with Crippen LogP contribution in [0.15, 0.2) is 6.20 Å². The van der Waals surface area contributed by atoms with E-state index in [1.54, 1.807) is 13.3 Å². The highest BCUT2D eigenvalue weighted by Gasteiger charge is 2.07. The van der Waals surface area contributed by atoms with Crippen LogP contribution < -0.4 is 5.32 Å². The molecular formula is C10H17ClN2OS. The van der Waals surface area contributed by atoms with Gasteiger partial charge in [0.15, 0.2) is 0 Å². The first kappa shape index (κ1) is 12.9. The summed E-state index contributed by atoms with van der Waals surface area (Å²) < 4.78 is 5.89. The second kappa shape index (κ2) is 7.17. The summed E-state index contributed by atoms with van der Waals surface area (Å²) in [4.78, 5) is 4.19. The van der Waals surface area contributed by atoms with Crippen molar-refractivity contribution in [2.24, 2.45) is 0 Å². The Morgan fingerprint density at radius 2 is 2.47 bits per heavy atom. The Hall–Kier alpha value is -0.160. The first-order valence-corrected chi connectivity index (χ1v) is 6.28. The van der Waals surface area contributed by atoms with Crippen LogP contribution in [0.5, 0.6) is 0 Å². The first-order chi connectivity index (χ1) is 7.26. The molecule has 0 radical (unpaired) electrons. The molecule has 0 aromatic carbocycles. The molecule has 1 atom stereocenters. The summed E-state index contributed by atoms with van der Waals surface area (Å²) >= 11 is 7.32. The zero-order valence-corrected chi connectivity index (χ0v) is 10.7. The van der Waals surface area contributed by atoms with E-state index >= 15 is 0 Å². The number of hydrogen-bond acceptors (Lipinski definition) is 4. The molecular weight excluding hydrogens is 232 g/mol. The van der Waals surface area contributed by atoms with Gasteiger partial charge in [-0.2, -0.15) is 0 Å². The lowest BCUT2D eigenvalue weighted by Gasteiger charge is -2.15. The van der Waals surface area contributed by atoms with E-state index in [0.29, 0.717) is 6.04 Å². The number of nitrogens with one attached hydrogen (secondary N) is 1. The summed E-state index contributed by atoms with van der Waals surface area (Å²) in [7, 11) is 1.73. The molecule has 1 aromatic heterocycles. The molecule has 1 aromatic rings. The number of nitrogens with zero attached hydrogens (tertiary/aromatic N) is 1. The minimum atomic E-state index is 0.405. The highest BCUT2D eigenvalue weighted by Crippen LogP contribution is 2.18. The number of halogens is 1. The second-order valence-corrected chi connectivity index (χ2v) is 5.13. The maximum Gasteiger partial charge on any atom is 0.113 e. The Labute approximate surface area is 99.8 Å². The summed E-state index contributed by atoms with van der Waals surface area (Å²) in [5, 5.41) is 4.44. The summed E-state index contributed by atoms with van der Waals surface area (Å²) in [5.41, 5.74) is 0. The molecule has 0 saturated heterocycles. The summed E-state index contributed by atoms with van der Waals surface area (Å²) in [6.45, 7) is 3.68. The fourth-order valence-corrected chi connectivity index (χ4v) is 2.30. The average Bonchev–Trinajstić information content (AvgIpc) is 2.61. The van der Waals surface area contributed by atoms with Crippen molar-refractivity contribution in [1.29, 1.82) is 0 Å². The lowest BCUT2D eigenvalue weighted by Crippen LogP contribution is -2.32. The summed E-state index contributed by atoms with van der Waals surface area (Å²) in [6.07, 6.45) is 3.96. The Morgan fingerprint density at radius 3 is 3.00 bits per heavy atom. The number of ether oxygens (including phenoxy) is 1. The van der Waals surface area contributed by atoms with E-state index in [4.69, 9.17) is 16.3 Å². The van der Waals surface area contributed by atoms with E-state index in [1.807, 2.05) is 0 Å². The summed E-state index contributed by atoms with van der Waals surface area (Å²) in [5.74, 6) is 0. The minimum Gasteiger partial charge on any atom is -0.383 e. The van der Waals surface area contributed by atoms with Crippen LogP contribution in [0.25, 0.3) is 0 Å². The van der Waals surface area contributed by atoms with Crippen LogP contribution in [-0.4, -0.2) is 24.7 Å². The Kier molecular flexibility index (Phi) is 6.17. The van der Waals surface area contributed by atoms with Crippen molar-refractivity contribution in [3.05, 3.63) is 15.5 Å². The predicted octanol–water partition coefficient (Wildman–Crippen LogP) is 2.70. The third-order valence-corrected chi connectivity index (χ3v) is 3.19. The van der Waals surface area contributed by atoms with Gasteiger partial charge in [0.25, 0.3) is 0 Å². The molecule has 0 aliphatic carbocycles. The molecule has 0 aliphatic heterocycles. The molecule has 86 valence electrons. The van der Waals surface area contributed by atoms with Crippen LogP contribution in [0.2, 0.25) is 4.34 Å². The maximum atomic E-state index is 5.80. The highest BCUT2D eigenvalue weighted by atomic mass is 35.5. The number of hydrogen-bond donors (Lipinski definition) is 1. The van der Waals surface area contributed by atoms with Gasteiger partial charge in [0.05, 0.1) is 12.8 Å². The standard InChI is InChI=1S/C10H17ClN2OS/c1-3-4-8(7-14-2)12-6-10-13-5-9(11)15-10/h5,8,12H,3-4,6-7H2,1-2H3. The topological polar surface area (TPSA) is 34.1 Å². The van der Waals surface area contributed by atoms with Gasteiger partial charge in [0.2, 0.25) is 0 Å². The maximum absolute atomic E-state index is 5.80. The molecule has 0 fully saturated rings. The van der Waals surface area contributed by atoms with Crippen molar-refractivity contribution in [3.63, 3.8) is 0 Å². The minimum absolute atomic E-state index is 0.405. The molecule has 1 rings (SSSR count). The van der Waals surface area contributed by atoms with Crippen molar-refractivity contribution in [1.82, 2.24) is 10.3 Å². The predicted molar refractivity (Wildman–Crippen MR) is 64.5 cm³/mol. The van der Waals surface area contributed by atoms with Crippen LogP contribution >= 0.6 is 22.9 Å². The van der Waals surface area contributed by atoms with Gasteiger partial charge in [0.1, 0.15) is 9.34 Å². The van der Waals surface area contributed by atoms with Crippen molar-refractivity contribution in [2.45, 2.75) is 32.4 Å². The van der Waals surface area contributed by atoms with Crippen molar-refractivity contribution in [3.8, 4) is 0 Å². The molecule has 1 heterocycles. The molecule has 5 heteroatoms. The molecule has 3 nitrogen and oxygen atoms in total. The molecule has 15 heavy (non-hydrogen) atoms. The molecule has 0 amide bonds. The van der Waals surface area contributed by atoms with E-state index in [9.17, 15) is 0 Å². The van der Waals surface area contributed by atoms with Gasteiger partial charge in [0, 0.05) is 19.7 Å². The molecule has 0 saturated carbocycles. The van der Waals surface area contributed by atoms with Crippen LogP contribution in [0.1, 0.15) is 24.8 Å². The number of thiazole rings is 1. The number of aromatic nitrogens is 1. The van der Waals surface area contributed by atoms with Gasteiger partial charge in [-0.15, -0.1) is 11.3 Å². The third-order valence-electron chi connectivity index (χ3n) is 2.07. The van der Waals surface area contributed by atoms with E-state index in [0.717, 1.165) is 35.3 Å². The van der Waals surface area contributed by atoms with Gasteiger partial charge < -0.3 is 10.1 Å². The highest BCUT2D eigenvalue weighted by molar-refractivity contribution is 7.15. The van der Waals surface area contributed by atoms with Crippen LogP contribution in [0.3, 0.4) is 0 Å². The van der Waals surface area contributed by atoms with E-state index in [-0.39, 0.29) is 0 Å². The zero-order chi connectivity index (χ0) is 11.1. The number of methoxy groups -OCH3 is 1. The van der Waals surface area contributed by atoms with Crippen molar-refractivity contribution >= 4 is 22.9 Å². The molecule has 0 bridgehead atoms. The van der Waals surface area contributed by atoms with E-state index in [2.05, 4.69) is 17.2 Å². The zero-order valence-electron chi connectivity index (χ0n) is 9.12. The second-order valence-electron chi connectivity index (χ2n) is 3.38. The van der Waals surface area contributed by atoms with Gasteiger partial charge >= 0.3 is 0 Å². The molecule has 1 N–H and O–H groups in total. The Balaban J connectivity index is 2.32. The largest absolute Gasteiger partial charge is 0.383 e. The van der Waals surface area contributed by atoms with E-state index in [1.165, 1.54) is 11.3 Å². The SMILES string of the molecule is CCCC(COC)NCc1ncc(Cl)s1. The molecule has 1 unspecified atom stereocenters. The monoisotopic (exact) mass is 248 g/mol. The fourth-order valence-electron chi connectivity index (χ4n) is 1.40. The normalized spacial score (nSPS) is 13.0. The van der Waals surface area contributed by atoms with Crippen molar-refractivity contribution in [2.75, 3.05) is 13.7 Å². The molecule has 0 aliphatic rings. The first-order valence-electron chi connectivity index (χ1n) is 5.08. The smallest absolute Gasteiger partial charge is 0.113 e.